The van der Waals surface area contributed by atoms with Crippen molar-refractivity contribution in [3.05, 3.63) is 34.9 Å². The molecule has 0 N–H and O–H groups in total. The summed E-state index contributed by atoms with van der Waals surface area (Å²) in [6.45, 7) is 0. The predicted octanol–water partition coefficient (Wildman–Crippen LogP) is 4.34. The Balaban J connectivity index is 3.68. The number of hydrogen-bond acceptors (Lipinski definition) is 0. The maximum Gasteiger partial charge on any atom is 0.417 e. The SMILES string of the molecule is FC(F)(F)c1[c][c]cc(C(F)(F)F)c1C(F)(F)F. The molecule has 0 aliphatic heterocycles. The summed E-state index contributed by atoms with van der Waals surface area (Å²) >= 11 is 0. The molecule has 0 aromatic heterocycles. The Morgan fingerprint density at radius 2 is 1.22 bits per heavy atom. The molecule has 1 aromatic rings. The van der Waals surface area contributed by atoms with E-state index in [1.807, 2.05) is 0 Å². The lowest BCUT2D eigenvalue weighted by Gasteiger charge is -2.19. The van der Waals surface area contributed by atoms with Gasteiger partial charge in [0.25, 0.3) is 0 Å². The van der Waals surface area contributed by atoms with Crippen LogP contribution in [-0.4, -0.2) is 0 Å². The van der Waals surface area contributed by atoms with Gasteiger partial charge in [0.2, 0.25) is 0 Å². The van der Waals surface area contributed by atoms with Gasteiger partial charge in [0.1, 0.15) is 0 Å². The van der Waals surface area contributed by atoms with Gasteiger partial charge in [0.05, 0.1) is 16.7 Å². The van der Waals surface area contributed by atoms with Crippen LogP contribution in [-0.2, 0) is 18.5 Å². The number of rotatable bonds is 0. The number of hydrogen-bond donors (Lipinski definition) is 0. The van der Waals surface area contributed by atoms with Gasteiger partial charge in [-0.15, -0.1) is 0 Å². The van der Waals surface area contributed by atoms with E-state index in [9.17, 15) is 39.5 Å². The molecule has 0 bridgehead atoms. The molecule has 0 amide bonds. The Kier molecular flexibility index (Phi) is 3.30. The molecule has 2 radical (unpaired) electrons. The molecule has 18 heavy (non-hydrogen) atoms. The van der Waals surface area contributed by atoms with E-state index in [1.165, 1.54) is 6.07 Å². The molecular formula is C9HF9. The Morgan fingerprint density at radius 3 is 1.56 bits per heavy atom. The molecular weight excluding hydrogens is 279 g/mol. The van der Waals surface area contributed by atoms with E-state index in [-0.39, 0.29) is 6.07 Å². The fourth-order valence-electron chi connectivity index (χ4n) is 1.18. The Bertz CT molecular complexity index is 403. The van der Waals surface area contributed by atoms with Gasteiger partial charge in [-0.3, -0.25) is 0 Å². The molecule has 0 saturated carbocycles. The first-order chi connectivity index (χ1) is 7.85. The van der Waals surface area contributed by atoms with Crippen LogP contribution in [0.15, 0.2) is 6.07 Å². The molecule has 0 saturated heterocycles. The van der Waals surface area contributed by atoms with E-state index in [0.29, 0.717) is 0 Å². The van der Waals surface area contributed by atoms with Gasteiger partial charge >= 0.3 is 18.5 Å². The van der Waals surface area contributed by atoms with Crippen molar-refractivity contribution < 1.29 is 39.5 Å². The normalized spacial score (nSPS) is 13.8. The summed E-state index contributed by atoms with van der Waals surface area (Å²) in [5, 5.41) is 0. The lowest BCUT2D eigenvalue weighted by Crippen LogP contribution is -2.22. The fourth-order valence-corrected chi connectivity index (χ4v) is 1.18. The quantitative estimate of drug-likeness (QED) is 0.620. The zero-order valence-electron chi connectivity index (χ0n) is 7.98. The van der Waals surface area contributed by atoms with Gasteiger partial charge in [-0.2, -0.15) is 39.5 Å². The van der Waals surface area contributed by atoms with Crippen molar-refractivity contribution in [1.29, 1.82) is 0 Å². The summed E-state index contributed by atoms with van der Waals surface area (Å²) in [5.74, 6) is 0. The first-order valence-electron chi connectivity index (χ1n) is 4.03. The molecule has 1 rings (SSSR count). The summed E-state index contributed by atoms with van der Waals surface area (Å²) in [5.41, 5.74) is -7.79. The van der Waals surface area contributed by atoms with Gasteiger partial charge in [-0.1, -0.05) is 0 Å². The van der Waals surface area contributed by atoms with Gasteiger partial charge in [0, 0.05) is 6.07 Å². The van der Waals surface area contributed by atoms with Gasteiger partial charge < -0.3 is 0 Å². The van der Waals surface area contributed by atoms with Crippen LogP contribution in [0, 0.1) is 12.1 Å². The van der Waals surface area contributed by atoms with Crippen molar-refractivity contribution in [1.82, 2.24) is 0 Å². The van der Waals surface area contributed by atoms with E-state index < -0.39 is 35.2 Å². The smallest absolute Gasteiger partial charge is 0.166 e. The van der Waals surface area contributed by atoms with Gasteiger partial charge in [-0.05, 0) is 12.1 Å². The minimum absolute atomic E-state index is 0.224. The lowest BCUT2D eigenvalue weighted by atomic mass is 9.99. The second-order valence-electron chi connectivity index (χ2n) is 3.07. The predicted molar refractivity (Wildman–Crippen MR) is 39.1 cm³/mol. The van der Waals surface area contributed by atoms with E-state index in [1.54, 1.807) is 0 Å². The average Bonchev–Trinajstić information content (AvgIpc) is 2.12. The number of halogens is 9. The molecule has 0 nitrogen and oxygen atoms in total. The second-order valence-corrected chi connectivity index (χ2v) is 3.07. The van der Waals surface area contributed by atoms with Crippen molar-refractivity contribution in [2.75, 3.05) is 0 Å². The Hall–Kier alpha value is -1.41. The summed E-state index contributed by atoms with van der Waals surface area (Å²) in [6.07, 6.45) is -17.0. The van der Waals surface area contributed by atoms with E-state index >= 15 is 0 Å². The van der Waals surface area contributed by atoms with Crippen molar-refractivity contribution in [2.24, 2.45) is 0 Å². The largest absolute Gasteiger partial charge is 0.417 e. The maximum absolute atomic E-state index is 12.3. The minimum atomic E-state index is -5.80. The monoisotopic (exact) mass is 280 g/mol. The fraction of sp³-hybridized carbons (Fsp3) is 0.333. The van der Waals surface area contributed by atoms with Crippen LogP contribution in [0.1, 0.15) is 16.7 Å². The lowest BCUT2D eigenvalue weighted by molar-refractivity contribution is -0.174. The van der Waals surface area contributed by atoms with Crippen LogP contribution in [0.2, 0.25) is 0 Å². The van der Waals surface area contributed by atoms with Crippen molar-refractivity contribution >= 4 is 0 Å². The standard InChI is InChI=1S/C9HF9/c10-7(11,12)4-2-1-3-5(8(13,14)15)6(4)9(16,17)18/h2H. The number of benzene rings is 1. The zero-order chi connectivity index (χ0) is 14.4. The highest BCUT2D eigenvalue weighted by Gasteiger charge is 2.49. The van der Waals surface area contributed by atoms with E-state index in [0.717, 1.165) is 6.07 Å². The van der Waals surface area contributed by atoms with Crippen LogP contribution in [0.3, 0.4) is 0 Å². The molecule has 0 unspecified atom stereocenters. The van der Waals surface area contributed by atoms with Crippen molar-refractivity contribution in [2.45, 2.75) is 18.5 Å². The maximum atomic E-state index is 12.3. The first kappa shape index (κ1) is 14.7. The highest BCUT2D eigenvalue weighted by atomic mass is 19.4. The summed E-state index contributed by atoms with van der Waals surface area (Å²) in [7, 11) is 0. The molecule has 100 valence electrons. The molecule has 0 heterocycles. The van der Waals surface area contributed by atoms with Crippen LogP contribution in [0.25, 0.3) is 0 Å². The highest BCUT2D eigenvalue weighted by molar-refractivity contribution is 5.39. The highest BCUT2D eigenvalue weighted by Crippen LogP contribution is 2.45. The van der Waals surface area contributed by atoms with Crippen LogP contribution < -0.4 is 0 Å². The van der Waals surface area contributed by atoms with Crippen LogP contribution in [0.4, 0.5) is 39.5 Å². The topological polar surface area (TPSA) is 0 Å². The van der Waals surface area contributed by atoms with Gasteiger partial charge in [0.15, 0.2) is 0 Å². The molecule has 1 aromatic carbocycles. The third kappa shape index (κ3) is 2.88. The molecule has 9 heteroatoms. The third-order valence-electron chi connectivity index (χ3n) is 1.81. The first-order valence-corrected chi connectivity index (χ1v) is 4.03. The van der Waals surface area contributed by atoms with Crippen LogP contribution in [0.5, 0.6) is 0 Å². The van der Waals surface area contributed by atoms with Gasteiger partial charge in [-0.25, -0.2) is 0 Å². The Labute approximate surface area is 94.0 Å². The zero-order valence-corrected chi connectivity index (χ0v) is 7.98. The summed E-state index contributed by atoms with van der Waals surface area (Å²) in [6, 6.07) is 2.09. The molecule has 0 aliphatic carbocycles. The Morgan fingerprint density at radius 1 is 0.722 bits per heavy atom. The van der Waals surface area contributed by atoms with E-state index in [2.05, 4.69) is 0 Å². The molecule has 0 fully saturated rings. The second kappa shape index (κ2) is 4.06. The minimum Gasteiger partial charge on any atom is -0.166 e. The average molecular weight is 280 g/mol. The summed E-state index contributed by atoms with van der Waals surface area (Å²) in [4.78, 5) is 0. The summed E-state index contributed by atoms with van der Waals surface area (Å²) < 4.78 is 110. The molecule has 0 spiro atoms. The van der Waals surface area contributed by atoms with E-state index in [4.69, 9.17) is 0 Å². The third-order valence-corrected chi connectivity index (χ3v) is 1.81. The molecule has 0 aliphatic rings. The molecule has 0 atom stereocenters. The van der Waals surface area contributed by atoms with Crippen molar-refractivity contribution in [3.8, 4) is 0 Å². The number of alkyl halides is 9. The van der Waals surface area contributed by atoms with Crippen molar-refractivity contribution in [3.63, 3.8) is 0 Å². The van der Waals surface area contributed by atoms with Crippen LogP contribution >= 0.6 is 0 Å².